The fourth-order valence-electron chi connectivity index (χ4n) is 5.50. The number of benzene rings is 1. The van der Waals surface area contributed by atoms with Crippen molar-refractivity contribution in [3.05, 3.63) is 58.1 Å². The first kappa shape index (κ1) is 24.3. The van der Waals surface area contributed by atoms with Crippen molar-refractivity contribution in [1.29, 1.82) is 0 Å². The van der Waals surface area contributed by atoms with E-state index in [1.165, 1.54) is 0 Å². The molecule has 2 amide bonds. The maximum Gasteiger partial charge on any atom is 0.226 e. The molecule has 4 rings (SSSR count). The van der Waals surface area contributed by atoms with Gasteiger partial charge in [0.05, 0.1) is 0 Å². The average Bonchev–Trinajstić information content (AvgIpc) is 3.56. The number of nitrogens with one attached hydrogen (secondary N) is 1. The predicted molar refractivity (Wildman–Crippen MR) is 134 cm³/mol. The van der Waals surface area contributed by atoms with Gasteiger partial charge in [-0.3, -0.25) is 9.59 Å². The molecule has 0 radical (unpaired) electrons. The molecule has 1 unspecified atom stereocenters. The highest BCUT2D eigenvalue weighted by Crippen LogP contribution is 2.50. The molecule has 1 saturated carbocycles. The van der Waals surface area contributed by atoms with Crippen molar-refractivity contribution < 1.29 is 9.59 Å². The summed E-state index contributed by atoms with van der Waals surface area (Å²) in [7, 11) is 0. The Balaban J connectivity index is 1.73. The van der Waals surface area contributed by atoms with Gasteiger partial charge in [-0.2, -0.15) is 0 Å². The topological polar surface area (TPSA) is 49.4 Å². The lowest BCUT2D eigenvalue weighted by atomic mass is 9.64. The van der Waals surface area contributed by atoms with Gasteiger partial charge in [-0.25, -0.2) is 0 Å². The van der Waals surface area contributed by atoms with E-state index in [1.54, 1.807) is 0 Å². The fraction of sp³-hybridized carbons (Fsp3) is 0.556. The van der Waals surface area contributed by atoms with Gasteiger partial charge >= 0.3 is 0 Å². The average molecular weight is 489 g/mol. The second kappa shape index (κ2) is 9.84. The van der Waals surface area contributed by atoms with Crippen LogP contribution in [-0.4, -0.2) is 35.3 Å². The Hall–Kier alpha value is -1.78. The van der Waals surface area contributed by atoms with Crippen LogP contribution >= 0.6 is 23.2 Å². The molecule has 0 aromatic heterocycles. The molecule has 1 aliphatic heterocycles. The Morgan fingerprint density at radius 2 is 2.03 bits per heavy atom. The summed E-state index contributed by atoms with van der Waals surface area (Å²) in [6, 6.07) is 8.03. The number of carbonyl (C=O) groups excluding carboxylic acids is 2. The molecule has 2 fully saturated rings. The summed E-state index contributed by atoms with van der Waals surface area (Å²) in [6.07, 6.45) is 10.1. The van der Waals surface area contributed by atoms with E-state index < -0.39 is 0 Å². The molecule has 1 aromatic rings. The van der Waals surface area contributed by atoms with E-state index in [9.17, 15) is 9.59 Å². The smallest absolute Gasteiger partial charge is 0.226 e. The van der Waals surface area contributed by atoms with Gasteiger partial charge in [0.2, 0.25) is 11.8 Å². The van der Waals surface area contributed by atoms with Gasteiger partial charge in [0.1, 0.15) is 0 Å². The molecule has 3 aliphatic rings. The molecule has 4 atom stereocenters. The Kier molecular flexibility index (Phi) is 7.26. The zero-order chi connectivity index (χ0) is 23.8. The van der Waals surface area contributed by atoms with Gasteiger partial charge in [0, 0.05) is 52.4 Å². The van der Waals surface area contributed by atoms with Crippen molar-refractivity contribution in [3.8, 4) is 0 Å². The SMILES string of the molecule is CC(C)NC(=O)C[C@H]1C[C@H](c2cccc(Cl)c2)[C@@H](C2(C)C=CC(Cl)=CC2)N(CC2CC2)C1=O. The molecule has 178 valence electrons. The van der Waals surface area contributed by atoms with Gasteiger partial charge < -0.3 is 10.2 Å². The summed E-state index contributed by atoms with van der Waals surface area (Å²) in [5, 5.41) is 4.40. The number of carbonyl (C=O) groups is 2. The van der Waals surface area contributed by atoms with E-state index in [-0.39, 0.29) is 47.6 Å². The third kappa shape index (κ3) is 5.66. The number of likely N-dealkylation sites (tertiary alicyclic amines) is 1. The Bertz CT molecular complexity index is 969. The maximum atomic E-state index is 13.9. The quantitative estimate of drug-likeness (QED) is 0.507. The van der Waals surface area contributed by atoms with Crippen molar-refractivity contribution in [1.82, 2.24) is 10.2 Å². The molecule has 33 heavy (non-hydrogen) atoms. The number of halogens is 2. The summed E-state index contributed by atoms with van der Waals surface area (Å²) >= 11 is 12.7. The highest BCUT2D eigenvalue weighted by molar-refractivity contribution is 6.31. The second-order valence-electron chi connectivity index (χ2n) is 10.5. The van der Waals surface area contributed by atoms with Crippen molar-refractivity contribution in [2.75, 3.05) is 6.54 Å². The van der Waals surface area contributed by atoms with Crippen molar-refractivity contribution in [3.63, 3.8) is 0 Å². The van der Waals surface area contributed by atoms with Gasteiger partial charge in [-0.05, 0) is 69.2 Å². The number of nitrogens with zero attached hydrogens (tertiary/aromatic N) is 1. The van der Waals surface area contributed by atoms with Crippen molar-refractivity contribution in [2.45, 2.75) is 70.9 Å². The molecule has 1 heterocycles. The van der Waals surface area contributed by atoms with Crippen LogP contribution < -0.4 is 5.32 Å². The normalized spacial score (nSPS) is 29.9. The standard InChI is InChI=1S/C27H34Cl2N2O2/c1-17(2)30-24(32)15-20-14-23(19-5-4-6-22(29)13-19)25(27(3)11-9-21(28)10-12-27)31(26(20)33)16-18-7-8-18/h4-6,9-11,13,17-18,20,23,25H,7-8,12,14-16H2,1-3H3,(H,30,32)/t20-,23-,25+,27?/m1/s1. The van der Waals surface area contributed by atoms with Gasteiger partial charge in [-0.1, -0.05) is 54.4 Å². The minimum absolute atomic E-state index is 0.0225. The van der Waals surface area contributed by atoms with Gasteiger partial charge in [-0.15, -0.1) is 0 Å². The summed E-state index contributed by atoms with van der Waals surface area (Å²) in [4.78, 5) is 28.6. The van der Waals surface area contributed by atoms with E-state index in [1.807, 2.05) is 38.1 Å². The van der Waals surface area contributed by atoms with E-state index in [4.69, 9.17) is 23.2 Å². The van der Waals surface area contributed by atoms with E-state index in [0.717, 1.165) is 36.4 Å². The first-order valence-electron chi connectivity index (χ1n) is 12.1. The number of piperidine rings is 1. The molecule has 0 bridgehead atoms. The minimum atomic E-state index is -0.335. The van der Waals surface area contributed by atoms with Gasteiger partial charge in [0.15, 0.2) is 0 Å². The van der Waals surface area contributed by atoms with Crippen LogP contribution in [0.25, 0.3) is 0 Å². The van der Waals surface area contributed by atoms with Crippen LogP contribution in [0.4, 0.5) is 0 Å². The van der Waals surface area contributed by atoms with Crippen molar-refractivity contribution >= 4 is 35.0 Å². The zero-order valence-corrected chi connectivity index (χ0v) is 21.2. The highest BCUT2D eigenvalue weighted by Gasteiger charge is 2.51. The molecular formula is C27H34Cl2N2O2. The predicted octanol–water partition coefficient (Wildman–Crippen LogP) is 6.05. The number of hydrogen-bond donors (Lipinski definition) is 1. The lowest BCUT2D eigenvalue weighted by Gasteiger charge is -2.52. The lowest BCUT2D eigenvalue weighted by molar-refractivity contribution is -0.149. The third-order valence-corrected chi connectivity index (χ3v) is 7.75. The third-order valence-electron chi connectivity index (χ3n) is 7.23. The minimum Gasteiger partial charge on any atom is -0.354 e. The Morgan fingerprint density at radius 1 is 1.27 bits per heavy atom. The van der Waals surface area contributed by atoms with Crippen LogP contribution in [0.3, 0.4) is 0 Å². The van der Waals surface area contributed by atoms with Gasteiger partial charge in [0.25, 0.3) is 0 Å². The summed E-state index contributed by atoms with van der Waals surface area (Å²) in [5.41, 5.74) is 0.881. The van der Waals surface area contributed by atoms with Crippen LogP contribution in [0.1, 0.15) is 64.4 Å². The summed E-state index contributed by atoms with van der Waals surface area (Å²) in [5.74, 6) is 0.348. The zero-order valence-electron chi connectivity index (χ0n) is 19.7. The number of allylic oxidation sites excluding steroid dienone is 3. The first-order chi connectivity index (χ1) is 15.7. The Labute approximate surface area is 207 Å². The monoisotopic (exact) mass is 488 g/mol. The number of amides is 2. The van der Waals surface area contributed by atoms with E-state index in [2.05, 4.69) is 35.4 Å². The van der Waals surface area contributed by atoms with E-state index >= 15 is 0 Å². The van der Waals surface area contributed by atoms with Crippen LogP contribution in [0.5, 0.6) is 0 Å². The number of hydrogen-bond acceptors (Lipinski definition) is 2. The summed E-state index contributed by atoms with van der Waals surface area (Å²) in [6.45, 7) is 6.87. The fourth-order valence-corrected chi connectivity index (χ4v) is 5.84. The van der Waals surface area contributed by atoms with Crippen LogP contribution in [0.15, 0.2) is 47.5 Å². The maximum absolute atomic E-state index is 13.9. The first-order valence-corrected chi connectivity index (χ1v) is 12.8. The molecule has 4 nitrogen and oxygen atoms in total. The second-order valence-corrected chi connectivity index (χ2v) is 11.4. The molecular weight excluding hydrogens is 455 g/mol. The lowest BCUT2D eigenvalue weighted by Crippen LogP contribution is -2.58. The van der Waals surface area contributed by atoms with Crippen LogP contribution in [-0.2, 0) is 9.59 Å². The van der Waals surface area contributed by atoms with Crippen LogP contribution in [0, 0.1) is 17.3 Å². The van der Waals surface area contributed by atoms with Crippen molar-refractivity contribution in [2.24, 2.45) is 17.3 Å². The summed E-state index contributed by atoms with van der Waals surface area (Å²) < 4.78 is 0. The highest BCUT2D eigenvalue weighted by atomic mass is 35.5. The Morgan fingerprint density at radius 3 is 2.64 bits per heavy atom. The number of rotatable bonds is 7. The van der Waals surface area contributed by atoms with Crippen LogP contribution in [0.2, 0.25) is 5.02 Å². The molecule has 1 saturated heterocycles. The molecule has 1 aromatic carbocycles. The molecule has 6 heteroatoms. The largest absolute Gasteiger partial charge is 0.354 e. The molecule has 1 N–H and O–H groups in total. The van der Waals surface area contributed by atoms with E-state index in [0.29, 0.717) is 17.4 Å². The molecule has 0 spiro atoms. The molecule has 2 aliphatic carbocycles.